The second-order valence-corrected chi connectivity index (χ2v) is 5.09. The fraction of sp³-hybridized carbons (Fsp3) is 0.462. The number of carbonyl (C=O) groups is 1. The van der Waals surface area contributed by atoms with E-state index in [2.05, 4.69) is 48.0 Å². The van der Waals surface area contributed by atoms with Gasteiger partial charge in [-0.05, 0) is 25.8 Å². The highest BCUT2D eigenvalue weighted by Crippen LogP contribution is 2.15. The molecular formula is C13H17BrO. The Labute approximate surface area is 100 Å². The smallest absolute Gasteiger partial charge is 0.146 e. The number of ketones is 1. The zero-order valence-corrected chi connectivity index (χ0v) is 11.1. The molecule has 2 heteroatoms. The lowest BCUT2D eigenvalue weighted by atomic mass is 10.0. The van der Waals surface area contributed by atoms with Gasteiger partial charge in [-0.3, -0.25) is 4.79 Å². The van der Waals surface area contributed by atoms with E-state index in [4.69, 9.17) is 0 Å². The van der Waals surface area contributed by atoms with Crippen LogP contribution in [0.2, 0.25) is 0 Å². The van der Waals surface area contributed by atoms with Crippen molar-refractivity contribution in [2.45, 2.75) is 38.4 Å². The molecule has 0 N–H and O–H groups in total. The van der Waals surface area contributed by atoms with E-state index in [1.54, 1.807) is 0 Å². The molecule has 0 bridgehead atoms. The van der Waals surface area contributed by atoms with Crippen LogP contribution in [0, 0.1) is 13.8 Å². The molecule has 1 rings (SSSR count). The Balaban J connectivity index is 2.76. The highest BCUT2D eigenvalue weighted by atomic mass is 79.9. The van der Waals surface area contributed by atoms with Crippen molar-refractivity contribution in [2.75, 3.05) is 0 Å². The van der Waals surface area contributed by atoms with Crippen LogP contribution < -0.4 is 0 Å². The molecule has 1 atom stereocenters. The van der Waals surface area contributed by atoms with E-state index in [0.717, 1.165) is 6.42 Å². The second kappa shape index (κ2) is 5.45. The molecule has 0 spiro atoms. The normalized spacial score (nSPS) is 12.5. The minimum Gasteiger partial charge on any atom is -0.298 e. The largest absolute Gasteiger partial charge is 0.298 e. The maximum Gasteiger partial charge on any atom is 0.146 e. The minimum atomic E-state index is -0.0382. The van der Waals surface area contributed by atoms with Crippen LogP contribution >= 0.6 is 15.9 Å². The zero-order valence-electron chi connectivity index (χ0n) is 9.51. The van der Waals surface area contributed by atoms with E-state index in [1.807, 2.05) is 6.92 Å². The Hall–Kier alpha value is -0.630. The Morgan fingerprint density at radius 1 is 1.27 bits per heavy atom. The maximum atomic E-state index is 11.4. The molecule has 15 heavy (non-hydrogen) atoms. The van der Waals surface area contributed by atoms with E-state index < -0.39 is 0 Å². The molecule has 0 saturated carbocycles. The zero-order chi connectivity index (χ0) is 11.4. The van der Waals surface area contributed by atoms with Gasteiger partial charge in [-0.15, -0.1) is 0 Å². The molecule has 1 aromatic rings. The first kappa shape index (κ1) is 12.4. The lowest BCUT2D eigenvalue weighted by Crippen LogP contribution is -2.15. The molecule has 82 valence electrons. The van der Waals surface area contributed by atoms with Crippen LogP contribution in [0.1, 0.15) is 30.0 Å². The first-order chi connectivity index (χ1) is 7.02. The number of hydrogen-bond donors (Lipinski definition) is 0. The van der Waals surface area contributed by atoms with Gasteiger partial charge < -0.3 is 0 Å². The first-order valence-electron chi connectivity index (χ1n) is 5.27. The number of alkyl halides is 1. The summed E-state index contributed by atoms with van der Waals surface area (Å²) in [5.41, 5.74) is 3.75. The van der Waals surface area contributed by atoms with Gasteiger partial charge in [0.25, 0.3) is 0 Å². The van der Waals surface area contributed by atoms with E-state index in [-0.39, 0.29) is 10.6 Å². The van der Waals surface area contributed by atoms with Crippen LogP contribution in [-0.2, 0) is 11.2 Å². The third kappa shape index (κ3) is 3.78. The monoisotopic (exact) mass is 268 g/mol. The third-order valence-electron chi connectivity index (χ3n) is 2.39. The van der Waals surface area contributed by atoms with Gasteiger partial charge in [-0.2, -0.15) is 0 Å². The Morgan fingerprint density at radius 2 is 1.80 bits per heavy atom. The van der Waals surface area contributed by atoms with Crippen molar-refractivity contribution in [1.29, 1.82) is 0 Å². The van der Waals surface area contributed by atoms with Gasteiger partial charge in [0.1, 0.15) is 5.78 Å². The average molecular weight is 269 g/mol. The standard InChI is InChI=1S/C13H17BrO/c1-4-13(15)12(14)8-11-6-9(2)5-10(3)7-11/h5-7,12H,4,8H2,1-3H3. The fourth-order valence-electron chi connectivity index (χ4n) is 1.73. The molecular weight excluding hydrogens is 252 g/mol. The summed E-state index contributed by atoms with van der Waals surface area (Å²) in [6, 6.07) is 6.43. The topological polar surface area (TPSA) is 17.1 Å². The highest BCUT2D eigenvalue weighted by molar-refractivity contribution is 9.10. The highest BCUT2D eigenvalue weighted by Gasteiger charge is 2.13. The molecule has 1 aromatic carbocycles. The summed E-state index contributed by atoms with van der Waals surface area (Å²) in [5.74, 6) is 0.272. The predicted molar refractivity (Wildman–Crippen MR) is 67.6 cm³/mol. The van der Waals surface area contributed by atoms with Crippen LogP contribution in [0.4, 0.5) is 0 Å². The molecule has 0 saturated heterocycles. The molecule has 1 nitrogen and oxygen atoms in total. The van der Waals surface area contributed by atoms with E-state index in [9.17, 15) is 4.79 Å². The number of carbonyl (C=O) groups excluding carboxylic acids is 1. The van der Waals surface area contributed by atoms with Crippen molar-refractivity contribution in [1.82, 2.24) is 0 Å². The molecule has 0 fully saturated rings. The Kier molecular flexibility index (Phi) is 4.52. The summed E-state index contributed by atoms with van der Waals surface area (Å²) in [6.07, 6.45) is 1.38. The third-order valence-corrected chi connectivity index (χ3v) is 3.23. The van der Waals surface area contributed by atoms with Crippen molar-refractivity contribution >= 4 is 21.7 Å². The summed E-state index contributed by atoms with van der Waals surface area (Å²) in [7, 11) is 0. The van der Waals surface area contributed by atoms with Crippen molar-refractivity contribution < 1.29 is 4.79 Å². The molecule has 0 radical (unpaired) electrons. The number of Topliss-reactive ketones (excluding diaryl/α,β-unsaturated/α-hetero) is 1. The molecule has 0 heterocycles. The Morgan fingerprint density at radius 3 is 2.27 bits per heavy atom. The van der Waals surface area contributed by atoms with Gasteiger partial charge in [-0.1, -0.05) is 52.2 Å². The Bertz CT molecular complexity index is 337. The van der Waals surface area contributed by atoms with E-state index in [0.29, 0.717) is 6.42 Å². The maximum absolute atomic E-state index is 11.4. The molecule has 0 aromatic heterocycles. The number of benzene rings is 1. The first-order valence-corrected chi connectivity index (χ1v) is 6.18. The lowest BCUT2D eigenvalue weighted by Gasteiger charge is -2.09. The predicted octanol–water partition coefficient (Wildman–Crippen LogP) is 3.59. The van der Waals surface area contributed by atoms with Crippen molar-refractivity contribution in [3.63, 3.8) is 0 Å². The van der Waals surface area contributed by atoms with E-state index in [1.165, 1.54) is 16.7 Å². The lowest BCUT2D eigenvalue weighted by molar-refractivity contribution is -0.118. The van der Waals surface area contributed by atoms with Crippen LogP contribution in [0.25, 0.3) is 0 Å². The van der Waals surface area contributed by atoms with Crippen LogP contribution in [-0.4, -0.2) is 10.6 Å². The van der Waals surface area contributed by atoms with E-state index >= 15 is 0 Å². The van der Waals surface area contributed by atoms with Crippen molar-refractivity contribution in [3.05, 3.63) is 34.9 Å². The fourth-order valence-corrected chi connectivity index (χ4v) is 2.43. The van der Waals surface area contributed by atoms with Gasteiger partial charge in [0.05, 0.1) is 4.83 Å². The molecule has 1 unspecified atom stereocenters. The van der Waals surface area contributed by atoms with Crippen LogP contribution in [0.5, 0.6) is 0 Å². The number of halogens is 1. The summed E-state index contributed by atoms with van der Waals surface area (Å²) in [6.45, 7) is 6.07. The van der Waals surface area contributed by atoms with Gasteiger partial charge in [-0.25, -0.2) is 0 Å². The number of aryl methyl sites for hydroxylation is 2. The van der Waals surface area contributed by atoms with Crippen molar-refractivity contribution in [2.24, 2.45) is 0 Å². The van der Waals surface area contributed by atoms with Gasteiger partial charge in [0.15, 0.2) is 0 Å². The summed E-state index contributed by atoms with van der Waals surface area (Å²) in [4.78, 5) is 11.4. The second-order valence-electron chi connectivity index (χ2n) is 3.99. The quantitative estimate of drug-likeness (QED) is 0.763. The average Bonchev–Trinajstić information content (AvgIpc) is 2.14. The molecule has 0 aliphatic carbocycles. The van der Waals surface area contributed by atoms with Crippen LogP contribution in [0.3, 0.4) is 0 Å². The van der Waals surface area contributed by atoms with Gasteiger partial charge >= 0.3 is 0 Å². The molecule has 0 amide bonds. The van der Waals surface area contributed by atoms with Crippen LogP contribution in [0.15, 0.2) is 18.2 Å². The minimum absolute atomic E-state index is 0.0382. The van der Waals surface area contributed by atoms with Gasteiger partial charge in [0.2, 0.25) is 0 Å². The summed E-state index contributed by atoms with van der Waals surface area (Å²) >= 11 is 3.44. The SMILES string of the molecule is CCC(=O)C(Br)Cc1cc(C)cc(C)c1. The van der Waals surface area contributed by atoms with Crippen molar-refractivity contribution in [3.8, 4) is 0 Å². The summed E-state index contributed by atoms with van der Waals surface area (Å²) in [5, 5.41) is 0. The summed E-state index contributed by atoms with van der Waals surface area (Å²) < 4.78 is 0. The molecule has 0 aliphatic heterocycles. The molecule has 0 aliphatic rings. The van der Waals surface area contributed by atoms with Gasteiger partial charge in [0, 0.05) is 6.42 Å². The number of hydrogen-bond acceptors (Lipinski definition) is 1. The number of rotatable bonds is 4.